The van der Waals surface area contributed by atoms with Gasteiger partial charge in [0.15, 0.2) is 6.67 Å². The van der Waals surface area contributed by atoms with Gasteiger partial charge < -0.3 is 9.47 Å². The van der Waals surface area contributed by atoms with Gasteiger partial charge in [0.25, 0.3) is 0 Å². The van der Waals surface area contributed by atoms with Crippen molar-refractivity contribution >= 4 is 12.2 Å². The number of benzene rings is 1. The number of hydrogen-bond donors (Lipinski definition) is 1. The van der Waals surface area contributed by atoms with E-state index in [1.807, 2.05) is 0 Å². The van der Waals surface area contributed by atoms with Crippen molar-refractivity contribution < 1.29 is 4.90 Å². The van der Waals surface area contributed by atoms with Gasteiger partial charge in [-0.15, -0.1) is 0 Å². The van der Waals surface area contributed by atoms with Crippen molar-refractivity contribution in [3.05, 3.63) is 46.0 Å². The molecule has 22 heavy (non-hydrogen) atoms. The second kappa shape index (κ2) is 5.63. The Morgan fingerprint density at radius 2 is 2.05 bits per heavy atom. The van der Waals surface area contributed by atoms with Crippen molar-refractivity contribution in [1.29, 1.82) is 0 Å². The molecule has 1 aliphatic carbocycles. The lowest BCUT2D eigenvalue weighted by Crippen LogP contribution is -3.11. The molecular weight excluding hydrogens is 292 g/mol. The molecule has 0 radical (unpaired) electrons. The maximum atomic E-state index is 5.66. The van der Waals surface area contributed by atoms with E-state index < -0.39 is 0 Å². The molecule has 5 heteroatoms. The van der Waals surface area contributed by atoms with Crippen LogP contribution in [0.2, 0.25) is 0 Å². The van der Waals surface area contributed by atoms with Crippen LogP contribution in [0.3, 0.4) is 0 Å². The fraction of sp³-hybridized carbons (Fsp3) is 0.529. The second-order valence-electron chi connectivity index (χ2n) is 6.51. The van der Waals surface area contributed by atoms with Crippen LogP contribution in [0.15, 0.2) is 24.3 Å². The molecule has 1 aliphatic heterocycles. The molecule has 0 bridgehead atoms. The molecule has 1 fully saturated rings. The predicted molar refractivity (Wildman–Crippen MR) is 88.4 cm³/mol. The predicted octanol–water partition coefficient (Wildman–Crippen LogP) is 1.91. The van der Waals surface area contributed by atoms with Gasteiger partial charge in [0.1, 0.15) is 12.4 Å². The molecule has 0 spiro atoms. The van der Waals surface area contributed by atoms with Gasteiger partial charge in [-0.1, -0.05) is 24.3 Å². The molecule has 1 aromatic carbocycles. The van der Waals surface area contributed by atoms with Crippen molar-refractivity contribution in [1.82, 2.24) is 14.3 Å². The molecule has 1 aromatic heterocycles. The Morgan fingerprint density at radius 3 is 2.77 bits per heavy atom. The Balaban J connectivity index is 1.56. The first-order chi connectivity index (χ1) is 10.8. The largest absolute Gasteiger partial charge is 0.312 e. The Morgan fingerprint density at radius 1 is 1.27 bits per heavy atom. The normalized spacial score (nSPS) is 20.9. The first kappa shape index (κ1) is 14.2. The molecule has 1 saturated carbocycles. The fourth-order valence-corrected chi connectivity index (χ4v) is 3.82. The van der Waals surface area contributed by atoms with Crippen LogP contribution < -0.4 is 4.90 Å². The van der Waals surface area contributed by atoms with Gasteiger partial charge in [0.05, 0.1) is 6.54 Å². The van der Waals surface area contributed by atoms with E-state index in [4.69, 9.17) is 17.3 Å². The minimum Gasteiger partial charge on any atom is -0.312 e. The van der Waals surface area contributed by atoms with E-state index >= 15 is 0 Å². The van der Waals surface area contributed by atoms with Gasteiger partial charge in [-0.2, -0.15) is 9.78 Å². The average Bonchev–Trinajstić information content (AvgIpc) is 3.33. The number of fused-ring (bicyclic) bond motifs is 1. The molecule has 1 unspecified atom stereocenters. The van der Waals surface area contributed by atoms with Crippen molar-refractivity contribution in [2.45, 2.75) is 51.9 Å². The molecule has 1 N–H and O–H groups in total. The molecular formula is C17H23N4S+. The Hall–Kier alpha value is -1.46. The minimum absolute atomic E-state index is 0.653. The summed E-state index contributed by atoms with van der Waals surface area (Å²) >= 11 is 5.66. The van der Waals surface area contributed by atoms with Crippen LogP contribution in [0.4, 0.5) is 0 Å². The lowest BCUT2D eigenvalue weighted by molar-refractivity contribution is -0.939. The highest BCUT2D eigenvalue weighted by Gasteiger charge is 2.30. The summed E-state index contributed by atoms with van der Waals surface area (Å²) in [6.07, 6.45) is 3.70. The Kier molecular flexibility index (Phi) is 3.62. The number of rotatable bonds is 4. The first-order valence-corrected chi connectivity index (χ1v) is 8.75. The zero-order chi connectivity index (χ0) is 15.1. The summed E-state index contributed by atoms with van der Waals surface area (Å²) in [6, 6.07) is 8.80. The summed E-state index contributed by atoms with van der Waals surface area (Å²) in [5.41, 5.74) is 2.99. The molecule has 2 heterocycles. The summed E-state index contributed by atoms with van der Waals surface area (Å²) in [5, 5.41) is 4.85. The quantitative estimate of drug-likeness (QED) is 0.873. The Labute approximate surface area is 136 Å². The molecule has 116 valence electrons. The summed E-state index contributed by atoms with van der Waals surface area (Å²) in [7, 11) is 0. The van der Waals surface area contributed by atoms with Crippen LogP contribution >= 0.6 is 12.2 Å². The summed E-state index contributed by atoms with van der Waals surface area (Å²) in [5.74, 6) is 1.87. The highest BCUT2D eigenvalue weighted by atomic mass is 32.1. The molecule has 0 saturated heterocycles. The van der Waals surface area contributed by atoms with Crippen LogP contribution in [0.1, 0.15) is 42.6 Å². The van der Waals surface area contributed by atoms with E-state index in [2.05, 4.69) is 40.4 Å². The fourth-order valence-electron chi connectivity index (χ4n) is 3.49. The lowest BCUT2D eigenvalue weighted by Gasteiger charge is -2.25. The molecule has 2 aromatic rings. The van der Waals surface area contributed by atoms with E-state index in [-0.39, 0.29) is 0 Å². The van der Waals surface area contributed by atoms with Crippen molar-refractivity contribution in [2.24, 2.45) is 0 Å². The topological polar surface area (TPSA) is 27.2 Å². The molecule has 2 aliphatic rings. The third-order valence-corrected chi connectivity index (χ3v) is 5.32. The molecule has 0 amide bonds. The maximum Gasteiger partial charge on any atom is 0.202 e. The highest BCUT2D eigenvalue weighted by Crippen LogP contribution is 2.39. The van der Waals surface area contributed by atoms with Crippen molar-refractivity contribution in [3.63, 3.8) is 0 Å². The number of nitrogens with one attached hydrogen (secondary N) is 1. The van der Waals surface area contributed by atoms with Crippen LogP contribution in [0.25, 0.3) is 0 Å². The van der Waals surface area contributed by atoms with Gasteiger partial charge in [0, 0.05) is 24.4 Å². The van der Waals surface area contributed by atoms with Crippen LogP contribution in [0.5, 0.6) is 0 Å². The second-order valence-corrected chi connectivity index (χ2v) is 6.88. The number of nitrogens with zero attached hydrogens (tertiary/aromatic N) is 3. The summed E-state index contributed by atoms with van der Waals surface area (Å²) < 4.78 is 5.19. The SMILES string of the molecule is CCn1c(C2CC2)nn(C[NH+]2CCc3ccccc3C2)c1=S. The number of hydrogen-bond acceptors (Lipinski definition) is 2. The van der Waals surface area contributed by atoms with E-state index in [0.29, 0.717) is 5.92 Å². The Bertz CT molecular complexity index is 741. The minimum atomic E-state index is 0.653. The smallest absolute Gasteiger partial charge is 0.202 e. The maximum absolute atomic E-state index is 5.66. The van der Waals surface area contributed by atoms with E-state index in [1.54, 1.807) is 4.90 Å². The number of quaternary nitrogens is 1. The zero-order valence-corrected chi connectivity index (χ0v) is 13.9. The average molecular weight is 315 g/mol. The molecule has 1 atom stereocenters. The van der Waals surface area contributed by atoms with Crippen LogP contribution in [0, 0.1) is 4.77 Å². The van der Waals surface area contributed by atoms with E-state index in [1.165, 1.54) is 29.8 Å². The highest BCUT2D eigenvalue weighted by molar-refractivity contribution is 7.71. The van der Waals surface area contributed by atoms with Crippen LogP contribution in [-0.4, -0.2) is 20.9 Å². The van der Waals surface area contributed by atoms with E-state index in [0.717, 1.165) is 37.5 Å². The van der Waals surface area contributed by atoms with Gasteiger partial charge in [0.2, 0.25) is 4.77 Å². The number of aromatic nitrogens is 3. The molecule has 4 rings (SSSR count). The monoisotopic (exact) mass is 315 g/mol. The zero-order valence-electron chi connectivity index (χ0n) is 13.1. The van der Waals surface area contributed by atoms with Gasteiger partial charge in [-0.05, 0) is 37.5 Å². The van der Waals surface area contributed by atoms with E-state index in [9.17, 15) is 0 Å². The third-order valence-electron chi connectivity index (χ3n) is 4.89. The van der Waals surface area contributed by atoms with Gasteiger partial charge in [-0.25, -0.2) is 0 Å². The van der Waals surface area contributed by atoms with Gasteiger partial charge in [-0.3, -0.25) is 0 Å². The van der Waals surface area contributed by atoms with Crippen molar-refractivity contribution in [3.8, 4) is 0 Å². The third kappa shape index (κ3) is 2.52. The van der Waals surface area contributed by atoms with Crippen LogP contribution in [-0.2, 0) is 26.2 Å². The standard InChI is InChI=1S/C17H22N4S/c1-2-20-16(14-7-8-14)18-21(17(20)22)12-19-10-9-13-5-3-4-6-15(13)11-19/h3-6,14H,2,7-12H2,1H3/p+1. The molecule has 4 nitrogen and oxygen atoms in total. The lowest BCUT2D eigenvalue weighted by atomic mass is 10.0. The summed E-state index contributed by atoms with van der Waals surface area (Å²) in [6.45, 7) is 6.23. The van der Waals surface area contributed by atoms with Gasteiger partial charge >= 0.3 is 0 Å². The summed E-state index contributed by atoms with van der Waals surface area (Å²) in [4.78, 5) is 1.55. The first-order valence-electron chi connectivity index (χ1n) is 8.34. The van der Waals surface area contributed by atoms with Crippen molar-refractivity contribution in [2.75, 3.05) is 6.54 Å².